The van der Waals surface area contributed by atoms with Crippen molar-refractivity contribution in [3.05, 3.63) is 71.3 Å². The summed E-state index contributed by atoms with van der Waals surface area (Å²) in [6.07, 6.45) is 5.68. The van der Waals surface area contributed by atoms with Crippen molar-refractivity contribution >= 4 is 11.7 Å². The molecule has 9 heteroatoms. The average molecular weight is 460 g/mol. The van der Waals surface area contributed by atoms with Gasteiger partial charge in [-0.3, -0.25) is 4.79 Å². The maximum atomic E-state index is 15.5. The summed E-state index contributed by atoms with van der Waals surface area (Å²) in [4.78, 5) is 22.0. The molecule has 0 spiro atoms. The van der Waals surface area contributed by atoms with Gasteiger partial charge < -0.3 is 14.5 Å². The average Bonchev–Trinajstić information content (AvgIpc) is 3.40. The zero-order valence-corrected chi connectivity index (χ0v) is 19.6. The number of aromatic nitrogens is 6. The molecule has 0 saturated heterocycles. The fraction of sp³-hybridized carbons (Fsp3) is 0.320. The summed E-state index contributed by atoms with van der Waals surface area (Å²) in [7, 11) is 0. The van der Waals surface area contributed by atoms with Gasteiger partial charge in [-0.15, -0.1) is 10.2 Å². The summed E-state index contributed by atoms with van der Waals surface area (Å²) in [5.74, 6) is 0.980. The topological polar surface area (TPSA) is 90.5 Å². The summed E-state index contributed by atoms with van der Waals surface area (Å²) < 4.78 is 19.2. The predicted octanol–water partition coefficient (Wildman–Crippen LogP) is 4.99. The number of amides is 1. The Morgan fingerprint density at radius 2 is 1.94 bits per heavy atom. The van der Waals surface area contributed by atoms with Gasteiger partial charge in [-0.05, 0) is 64.3 Å². The number of nitrogens with one attached hydrogen (secondary N) is 1. The molecular formula is C25H26FN7O. The summed E-state index contributed by atoms with van der Waals surface area (Å²) in [5.41, 5.74) is 2.52. The number of halogens is 1. The maximum Gasteiger partial charge on any atom is 0.259 e. The van der Waals surface area contributed by atoms with Crippen molar-refractivity contribution in [2.75, 3.05) is 5.32 Å². The summed E-state index contributed by atoms with van der Waals surface area (Å²) in [5, 5.41) is 11.1. The minimum Gasteiger partial charge on any atom is -0.307 e. The van der Waals surface area contributed by atoms with E-state index in [1.165, 1.54) is 6.07 Å². The van der Waals surface area contributed by atoms with Crippen LogP contribution in [0.5, 0.6) is 0 Å². The highest BCUT2D eigenvalue weighted by Crippen LogP contribution is 2.39. The van der Waals surface area contributed by atoms with Gasteiger partial charge in [-0.1, -0.05) is 12.1 Å². The Hall–Kier alpha value is -3.88. The van der Waals surface area contributed by atoms with E-state index in [0.717, 1.165) is 29.9 Å². The van der Waals surface area contributed by atoms with Gasteiger partial charge >= 0.3 is 0 Å². The van der Waals surface area contributed by atoms with Crippen molar-refractivity contribution in [1.29, 1.82) is 0 Å². The second-order valence-electron chi connectivity index (χ2n) is 8.97. The second-order valence-corrected chi connectivity index (χ2v) is 8.97. The number of nitrogens with zero attached hydrogens (tertiary/aromatic N) is 6. The second kappa shape index (κ2) is 8.48. The van der Waals surface area contributed by atoms with Crippen LogP contribution < -0.4 is 5.32 Å². The molecular weight excluding hydrogens is 433 g/mol. The molecule has 0 aliphatic heterocycles. The molecule has 0 bridgehead atoms. The number of hydrogen-bond donors (Lipinski definition) is 1. The molecule has 5 rings (SSSR count). The third kappa shape index (κ3) is 3.98. The number of anilines is 1. The molecule has 1 aliphatic carbocycles. The molecule has 0 atom stereocenters. The molecule has 1 amide bonds. The molecule has 1 aromatic carbocycles. The lowest BCUT2D eigenvalue weighted by Crippen LogP contribution is -2.16. The maximum absolute atomic E-state index is 15.5. The fourth-order valence-corrected chi connectivity index (χ4v) is 4.18. The predicted molar refractivity (Wildman–Crippen MR) is 127 cm³/mol. The number of hydrogen-bond acceptors (Lipinski definition) is 5. The standard InChI is InChI=1S/C25H26FN7O/c1-14(2)33-16(4)30-31-24(33)19-6-5-7-21(28-19)29-25(34)18-11-8-15(3)23(22(18)26)32-12-20(27-13-32)17-9-10-17/h5-8,11-14,17H,9-10H2,1-4H3,(H,28,29,34). The fourth-order valence-electron chi connectivity index (χ4n) is 4.18. The number of aryl methyl sites for hydroxylation is 2. The Labute approximate surface area is 196 Å². The van der Waals surface area contributed by atoms with Crippen LogP contribution in [0.1, 0.15) is 66.1 Å². The van der Waals surface area contributed by atoms with Crippen LogP contribution in [0.4, 0.5) is 10.2 Å². The van der Waals surface area contributed by atoms with Crippen LogP contribution in [-0.4, -0.2) is 35.2 Å². The van der Waals surface area contributed by atoms with Gasteiger partial charge in [0.1, 0.15) is 17.3 Å². The molecule has 8 nitrogen and oxygen atoms in total. The smallest absolute Gasteiger partial charge is 0.259 e. The first-order chi connectivity index (χ1) is 16.3. The van der Waals surface area contributed by atoms with E-state index < -0.39 is 11.7 Å². The minimum absolute atomic E-state index is 0.0596. The van der Waals surface area contributed by atoms with Crippen molar-refractivity contribution < 1.29 is 9.18 Å². The SMILES string of the molecule is Cc1ccc(C(=O)Nc2cccc(-c3nnc(C)n3C(C)C)n2)c(F)c1-n1cnc(C2CC2)c1. The molecule has 4 aromatic rings. The van der Waals surface area contributed by atoms with E-state index in [2.05, 4.69) is 25.5 Å². The van der Waals surface area contributed by atoms with Crippen LogP contribution in [-0.2, 0) is 0 Å². The van der Waals surface area contributed by atoms with E-state index in [1.807, 2.05) is 38.5 Å². The zero-order chi connectivity index (χ0) is 24.0. The van der Waals surface area contributed by atoms with E-state index >= 15 is 4.39 Å². The zero-order valence-electron chi connectivity index (χ0n) is 19.6. The molecule has 0 radical (unpaired) electrons. The Morgan fingerprint density at radius 1 is 1.15 bits per heavy atom. The van der Waals surface area contributed by atoms with Gasteiger partial charge in [0, 0.05) is 18.2 Å². The molecule has 1 N–H and O–H groups in total. The lowest BCUT2D eigenvalue weighted by Gasteiger charge is -2.14. The monoisotopic (exact) mass is 459 g/mol. The Morgan fingerprint density at radius 3 is 2.68 bits per heavy atom. The Bertz CT molecular complexity index is 1380. The minimum atomic E-state index is -0.594. The highest BCUT2D eigenvalue weighted by atomic mass is 19.1. The van der Waals surface area contributed by atoms with Crippen LogP contribution in [0.25, 0.3) is 17.2 Å². The number of carbonyl (C=O) groups excluding carboxylic acids is 1. The summed E-state index contributed by atoms with van der Waals surface area (Å²) >= 11 is 0. The number of pyridine rings is 1. The van der Waals surface area contributed by atoms with Gasteiger partial charge in [0.2, 0.25) is 0 Å². The first-order valence-electron chi connectivity index (χ1n) is 11.4. The third-order valence-corrected chi connectivity index (χ3v) is 6.02. The lowest BCUT2D eigenvalue weighted by molar-refractivity contribution is 0.102. The lowest BCUT2D eigenvalue weighted by atomic mass is 10.1. The first-order valence-corrected chi connectivity index (χ1v) is 11.4. The quantitative estimate of drug-likeness (QED) is 0.439. The van der Waals surface area contributed by atoms with E-state index in [4.69, 9.17) is 0 Å². The highest BCUT2D eigenvalue weighted by molar-refractivity contribution is 6.04. The molecule has 3 aromatic heterocycles. The van der Waals surface area contributed by atoms with E-state index in [1.54, 1.807) is 35.2 Å². The van der Waals surface area contributed by atoms with E-state index in [9.17, 15) is 4.79 Å². The first kappa shape index (κ1) is 21.9. The van der Waals surface area contributed by atoms with Crippen molar-refractivity contribution in [2.45, 2.75) is 52.5 Å². The van der Waals surface area contributed by atoms with Gasteiger partial charge in [-0.2, -0.15) is 0 Å². The van der Waals surface area contributed by atoms with Crippen LogP contribution in [0.3, 0.4) is 0 Å². The van der Waals surface area contributed by atoms with Crippen LogP contribution in [0, 0.1) is 19.7 Å². The third-order valence-electron chi connectivity index (χ3n) is 6.02. The Balaban J connectivity index is 1.44. The van der Waals surface area contributed by atoms with Crippen molar-refractivity contribution in [3.8, 4) is 17.2 Å². The summed E-state index contributed by atoms with van der Waals surface area (Å²) in [6.45, 7) is 7.77. The van der Waals surface area contributed by atoms with Crippen LogP contribution in [0.15, 0.2) is 42.9 Å². The number of benzene rings is 1. The van der Waals surface area contributed by atoms with E-state index in [-0.39, 0.29) is 11.6 Å². The van der Waals surface area contributed by atoms with Gasteiger partial charge in [0.25, 0.3) is 5.91 Å². The Kier molecular flexibility index (Phi) is 5.47. The van der Waals surface area contributed by atoms with Crippen LogP contribution >= 0.6 is 0 Å². The number of imidazole rings is 1. The van der Waals surface area contributed by atoms with Crippen molar-refractivity contribution in [2.24, 2.45) is 0 Å². The number of rotatable bonds is 6. The molecule has 0 unspecified atom stereocenters. The van der Waals surface area contributed by atoms with Crippen molar-refractivity contribution in [3.63, 3.8) is 0 Å². The molecule has 1 fully saturated rings. The van der Waals surface area contributed by atoms with Gasteiger partial charge in [0.05, 0.1) is 23.3 Å². The molecule has 174 valence electrons. The molecule has 3 heterocycles. The van der Waals surface area contributed by atoms with Crippen molar-refractivity contribution in [1.82, 2.24) is 29.3 Å². The van der Waals surface area contributed by atoms with Gasteiger partial charge in [-0.25, -0.2) is 14.4 Å². The normalized spacial score (nSPS) is 13.5. The molecule has 34 heavy (non-hydrogen) atoms. The number of carbonyl (C=O) groups is 1. The van der Waals surface area contributed by atoms with E-state index in [0.29, 0.717) is 28.9 Å². The molecule has 1 aliphatic rings. The highest BCUT2D eigenvalue weighted by Gasteiger charge is 2.27. The largest absolute Gasteiger partial charge is 0.307 e. The van der Waals surface area contributed by atoms with Gasteiger partial charge in [0.15, 0.2) is 11.6 Å². The van der Waals surface area contributed by atoms with Crippen LogP contribution in [0.2, 0.25) is 0 Å². The molecule has 1 saturated carbocycles. The summed E-state index contributed by atoms with van der Waals surface area (Å²) in [6, 6.07) is 8.61.